The highest BCUT2D eigenvalue weighted by molar-refractivity contribution is 9.09. The second-order valence-corrected chi connectivity index (χ2v) is 8.29. The Balaban J connectivity index is 1.94. The summed E-state index contributed by atoms with van der Waals surface area (Å²) in [7, 11) is 0. The first-order valence-electron chi connectivity index (χ1n) is 9.07. The molecule has 5 nitrogen and oxygen atoms in total. The smallest absolute Gasteiger partial charge is 0.259 e. The van der Waals surface area contributed by atoms with Crippen LogP contribution in [0.3, 0.4) is 0 Å². The van der Waals surface area contributed by atoms with Gasteiger partial charge in [-0.3, -0.25) is 9.59 Å². The minimum absolute atomic E-state index is 0.162. The van der Waals surface area contributed by atoms with Gasteiger partial charge in [-0.1, -0.05) is 35.0 Å². The van der Waals surface area contributed by atoms with Gasteiger partial charge in [-0.2, -0.15) is 0 Å². The fraction of sp³-hybridized carbons (Fsp3) is 0.400. The first-order valence-corrected chi connectivity index (χ1v) is 11.0. The van der Waals surface area contributed by atoms with Crippen LogP contribution in [0.25, 0.3) is 0 Å². The zero-order valence-electron chi connectivity index (χ0n) is 15.4. The molecule has 2 aromatic rings. The maximum Gasteiger partial charge on any atom is 0.259 e. The molecular formula is C20H23BrN2O3S. The number of benzene rings is 1. The molecule has 0 spiro atoms. The van der Waals surface area contributed by atoms with Crippen molar-refractivity contribution in [1.82, 2.24) is 0 Å². The zero-order chi connectivity index (χ0) is 19.4. The number of halogens is 1. The van der Waals surface area contributed by atoms with Crippen LogP contribution in [0.2, 0.25) is 0 Å². The van der Waals surface area contributed by atoms with E-state index in [1.807, 2.05) is 31.2 Å². The Kier molecular flexibility index (Phi) is 6.55. The largest absolute Gasteiger partial charge is 0.492 e. The molecule has 1 aliphatic carbocycles. The van der Waals surface area contributed by atoms with E-state index in [9.17, 15) is 9.59 Å². The van der Waals surface area contributed by atoms with E-state index in [2.05, 4.69) is 33.5 Å². The summed E-state index contributed by atoms with van der Waals surface area (Å²) in [6.07, 6.45) is 2.85. The lowest BCUT2D eigenvalue weighted by molar-refractivity contribution is -0.113. The number of amides is 2. The molecule has 1 unspecified atom stereocenters. The van der Waals surface area contributed by atoms with Crippen molar-refractivity contribution in [3.05, 3.63) is 40.3 Å². The van der Waals surface area contributed by atoms with Gasteiger partial charge in [-0.25, -0.2) is 0 Å². The number of thiophene rings is 1. The molecular weight excluding hydrogens is 428 g/mol. The Morgan fingerprint density at radius 2 is 2.07 bits per heavy atom. The van der Waals surface area contributed by atoms with E-state index in [1.54, 1.807) is 0 Å². The summed E-state index contributed by atoms with van der Waals surface area (Å²) >= 11 is 4.69. The van der Waals surface area contributed by atoms with Gasteiger partial charge < -0.3 is 15.4 Å². The molecule has 0 bridgehead atoms. The van der Waals surface area contributed by atoms with Gasteiger partial charge >= 0.3 is 0 Å². The molecule has 3 rings (SSSR count). The Hall–Kier alpha value is -1.86. The molecule has 1 atom stereocenters. The quantitative estimate of drug-likeness (QED) is 0.617. The highest BCUT2D eigenvalue weighted by Gasteiger charge is 2.28. The third-order valence-electron chi connectivity index (χ3n) is 4.55. The lowest BCUT2D eigenvalue weighted by atomic mass is 9.88. The Morgan fingerprint density at radius 1 is 1.30 bits per heavy atom. The van der Waals surface area contributed by atoms with Crippen molar-refractivity contribution in [2.75, 3.05) is 22.6 Å². The summed E-state index contributed by atoms with van der Waals surface area (Å²) < 4.78 is 5.61. The molecule has 2 amide bonds. The lowest BCUT2D eigenvalue weighted by Gasteiger charge is -2.19. The van der Waals surface area contributed by atoms with Gasteiger partial charge in [-0.15, -0.1) is 11.3 Å². The number of carbonyl (C=O) groups excluding carboxylic acids is 2. The van der Waals surface area contributed by atoms with Crippen LogP contribution in [0.4, 0.5) is 10.7 Å². The van der Waals surface area contributed by atoms with Crippen LogP contribution in [0.5, 0.6) is 5.75 Å². The summed E-state index contributed by atoms with van der Waals surface area (Å²) in [6.45, 7) is 4.64. The summed E-state index contributed by atoms with van der Waals surface area (Å²) in [6, 6.07) is 7.38. The average Bonchev–Trinajstić information content (AvgIpc) is 3.00. The predicted molar refractivity (Wildman–Crippen MR) is 113 cm³/mol. The van der Waals surface area contributed by atoms with Gasteiger partial charge in [0.25, 0.3) is 5.91 Å². The molecule has 1 aromatic heterocycles. The minimum Gasteiger partial charge on any atom is -0.492 e. The summed E-state index contributed by atoms with van der Waals surface area (Å²) in [5, 5.41) is 6.67. The summed E-state index contributed by atoms with van der Waals surface area (Å²) in [4.78, 5) is 26.3. The van der Waals surface area contributed by atoms with Crippen LogP contribution in [-0.2, 0) is 17.6 Å². The molecule has 0 radical (unpaired) electrons. The fourth-order valence-electron chi connectivity index (χ4n) is 3.28. The van der Waals surface area contributed by atoms with E-state index in [0.29, 0.717) is 34.5 Å². The molecule has 1 aliphatic rings. The van der Waals surface area contributed by atoms with Gasteiger partial charge in [0.05, 0.1) is 23.2 Å². The number of carbonyl (C=O) groups is 2. The van der Waals surface area contributed by atoms with E-state index in [4.69, 9.17) is 4.74 Å². The molecule has 0 fully saturated rings. The second-order valence-electron chi connectivity index (χ2n) is 6.62. The summed E-state index contributed by atoms with van der Waals surface area (Å²) in [5.74, 6) is 0.854. The Labute approximate surface area is 171 Å². The normalized spacial score (nSPS) is 15.7. The van der Waals surface area contributed by atoms with Gasteiger partial charge in [-0.05, 0) is 49.8 Å². The van der Waals surface area contributed by atoms with Crippen molar-refractivity contribution in [2.24, 2.45) is 5.92 Å². The molecule has 1 aromatic carbocycles. The molecule has 1 heterocycles. The van der Waals surface area contributed by atoms with Crippen molar-refractivity contribution in [3.8, 4) is 5.75 Å². The number of nitrogens with one attached hydrogen (secondary N) is 2. The van der Waals surface area contributed by atoms with Gasteiger partial charge in [0.15, 0.2) is 0 Å². The van der Waals surface area contributed by atoms with Gasteiger partial charge in [0, 0.05) is 4.88 Å². The predicted octanol–water partition coefficient (Wildman–Crippen LogP) is 4.86. The number of hydrogen-bond acceptors (Lipinski definition) is 4. The third kappa shape index (κ3) is 4.52. The molecule has 2 N–H and O–H groups in total. The van der Waals surface area contributed by atoms with E-state index < -0.39 is 0 Å². The lowest BCUT2D eigenvalue weighted by Crippen LogP contribution is -2.20. The zero-order valence-corrected chi connectivity index (χ0v) is 17.8. The number of alkyl halides is 1. The minimum atomic E-state index is -0.209. The van der Waals surface area contributed by atoms with Crippen LogP contribution < -0.4 is 15.4 Å². The number of hydrogen-bond donors (Lipinski definition) is 2. The fourth-order valence-corrected chi connectivity index (χ4v) is 4.84. The highest BCUT2D eigenvalue weighted by Crippen LogP contribution is 2.40. The standard InChI is InChI=1S/C20H23BrN2O3S/c1-3-26-15-7-5-4-6-14(15)22-19(25)18-13-9-8-12(2)10-16(13)27-20(18)23-17(24)11-21/h4-7,12H,3,8-11H2,1-2H3,(H,22,25)(H,23,24). The molecule has 0 aliphatic heterocycles. The number of anilines is 2. The van der Waals surface area contributed by atoms with E-state index >= 15 is 0 Å². The van der Waals surface area contributed by atoms with Crippen LogP contribution in [0, 0.1) is 5.92 Å². The maximum atomic E-state index is 13.2. The van der Waals surface area contributed by atoms with Crippen LogP contribution >= 0.6 is 27.3 Å². The monoisotopic (exact) mass is 450 g/mol. The third-order valence-corrected chi connectivity index (χ3v) is 6.23. The van der Waals surface area contributed by atoms with E-state index in [-0.39, 0.29) is 17.1 Å². The van der Waals surface area contributed by atoms with E-state index in [0.717, 1.165) is 24.8 Å². The SMILES string of the molecule is CCOc1ccccc1NC(=O)c1c(NC(=O)CBr)sc2c1CCC(C)C2. The molecule has 7 heteroatoms. The van der Waals surface area contributed by atoms with Crippen LogP contribution in [0.1, 0.15) is 41.1 Å². The maximum absolute atomic E-state index is 13.2. The molecule has 144 valence electrons. The van der Waals surface area contributed by atoms with Crippen LogP contribution in [-0.4, -0.2) is 23.8 Å². The first kappa shape index (κ1) is 19.9. The highest BCUT2D eigenvalue weighted by atomic mass is 79.9. The average molecular weight is 451 g/mol. The van der Waals surface area contributed by atoms with Crippen molar-refractivity contribution in [3.63, 3.8) is 0 Å². The van der Waals surface area contributed by atoms with Gasteiger partial charge in [0.1, 0.15) is 10.8 Å². The Bertz CT molecular complexity index is 850. The number of para-hydroxylation sites is 2. The molecule has 0 saturated carbocycles. The van der Waals surface area contributed by atoms with E-state index in [1.165, 1.54) is 16.2 Å². The van der Waals surface area contributed by atoms with Gasteiger partial charge in [0.2, 0.25) is 5.91 Å². The van der Waals surface area contributed by atoms with Crippen molar-refractivity contribution in [1.29, 1.82) is 0 Å². The Morgan fingerprint density at radius 3 is 2.81 bits per heavy atom. The number of ether oxygens (including phenoxy) is 1. The number of fused-ring (bicyclic) bond motifs is 1. The van der Waals surface area contributed by atoms with Crippen molar-refractivity contribution >= 4 is 49.8 Å². The first-order chi connectivity index (χ1) is 13.0. The summed E-state index contributed by atoms with van der Waals surface area (Å²) in [5.41, 5.74) is 2.28. The second kappa shape index (κ2) is 8.89. The van der Waals surface area contributed by atoms with Crippen molar-refractivity contribution < 1.29 is 14.3 Å². The molecule has 0 saturated heterocycles. The van der Waals surface area contributed by atoms with Crippen molar-refractivity contribution in [2.45, 2.75) is 33.1 Å². The number of rotatable bonds is 6. The topological polar surface area (TPSA) is 67.4 Å². The molecule has 27 heavy (non-hydrogen) atoms. The van der Waals surface area contributed by atoms with Crippen LogP contribution in [0.15, 0.2) is 24.3 Å².